The number of benzene rings is 1. The maximum atomic E-state index is 13.9. The molecular weight excluding hydrogens is 309 g/mol. The van der Waals surface area contributed by atoms with Crippen molar-refractivity contribution in [1.29, 1.82) is 0 Å². The molecule has 1 aromatic rings. The Kier molecular flexibility index (Phi) is 3.76. The second-order valence-corrected chi connectivity index (χ2v) is 6.90. The number of thioether (sulfide) groups is 1. The Morgan fingerprint density at radius 2 is 2.18 bits per heavy atom. The first-order valence-electron chi connectivity index (χ1n) is 6.95. The third kappa shape index (κ3) is 2.24. The Balaban J connectivity index is 1.96. The topological polar surface area (TPSA) is 55.8 Å². The molecule has 22 heavy (non-hydrogen) atoms. The molecule has 118 valence electrons. The molecule has 2 heterocycles. The lowest BCUT2D eigenvalue weighted by Gasteiger charge is -2.52. The monoisotopic (exact) mass is 325 g/mol. The minimum absolute atomic E-state index is 0.0215. The maximum Gasteiger partial charge on any atom is 0.353 e. The van der Waals surface area contributed by atoms with Crippen molar-refractivity contribution < 1.29 is 23.5 Å². The van der Waals surface area contributed by atoms with E-state index in [-0.39, 0.29) is 28.8 Å². The molecule has 3 atom stereocenters. The van der Waals surface area contributed by atoms with E-state index in [1.807, 2.05) is 6.92 Å². The van der Waals surface area contributed by atoms with E-state index in [0.29, 0.717) is 6.42 Å². The highest BCUT2D eigenvalue weighted by atomic mass is 32.2. The number of ether oxygens (including phenoxy) is 2. The van der Waals surface area contributed by atoms with Crippen molar-refractivity contribution >= 4 is 23.6 Å². The van der Waals surface area contributed by atoms with Gasteiger partial charge in [-0.05, 0) is 19.1 Å². The van der Waals surface area contributed by atoms with Gasteiger partial charge in [-0.2, -0.15) is 0 Å². The number of rotatable bonds is 3. The Morgan fingerprint density at radius 1 is 1.45 bits per heavy atom. The zero-order chi connectivity index (χ0) is 15.9. The molecule has 2 unspecified atom stereocenters. The van der Waals surface area contributed by atoms with Gasteiger partial charge in [-0.1, -0.05) is 12.1 Å². The van der Waals surface area contributed by atoms with Gasteiger partial charge in [0.05, 0.1) is 30.7 Å². The van der Waals surface area contributed by atoms with E-state index in [2.05, 4.69) is 0 Å². The number of carbonyl (C=O) groups is 2. The van der Waals surface area contributed by atoms with Crippen LogP contribution in [0.3, 0.4) is 0 Å². The Bertz CT molecular complexity index is 625. The number of amides is 1. The summed E-state index contributed by atoms with van der Waals surface area (Å²) < 4.78 is 24.6. The molecule has 7 heteroatoms. The number of esters is 1. The van der Waals surface area contributed by atoms with Crippen molar-refractivity contribution in [3.05, 3.63) is 30.1 Å². The summed E-state index contributed by atoms with van der Waals surface area (Å²) in [5.74, 6) is -1.21. The summed E-state index contributed by atoms with van der Waals surface area (Å²) in [7, 11) is 1.26. The summed E-state index contributed by atoms with van der Waals surface area (Å²) >= 11 is 1.47. The Labute approximate surface area is 131 Å². The van der Waals surface area contributed by atoms with Gasteiger partial charge in [0, 0.05) is 0 Å². The van der Waals surface area contributed by atoms with Gasteiger partial charge in [0.15, 0.2) is 11.6 Å². The lowest BCUT2D eigenvalue weighted by atomic mass is 9.96. The van der Waals surface area contributed by atoms with Gasteiger partial charge in [0.25, 0.3) is 0 Å². The van der Waals surface area contributed by atoms with Crippen LogP contribution in [0.1, 0.15) is 13.3 Å². The standard InChI is InChI=1S/C15H16FNO4S/c1-9-15(14(19)20-2,8-17-12(18)7-13(17)22-9)21-11-6-4-3-5-10(11)16/h3-6,9,13H,7-8H2,1-2H3/t9?,13-,15?/m1/s1. The van der Waals surface area contributed by atoms with Gasteiger partial charge in [-0.25, -0.2) is 9.18 Å². The predicted molar refractivity (Wildman–Crippen MR) is 78.9 cm³/mol. The molecule has 2 aliphatic rings. The van der Waals surface area contributed by atoms with E-state index in [1.54, 1.807) is 17.0 Å². The molecule has 0 spiro atoms. The summed E-state index contributed by atoms with van der Waals surface area (Å²) in [5.41, 5.74) is -1.41. The third-order valence-electron chi connectivity index (χ3n) is 4.10. The molecule has 0 aromatic heterocycles. The number of nitrogens with zero attached hydrogens (tertiary/aromatic N) is 1. The maximum absolute atomic E-state index is 13.9. The molecule has 0 N–H and O–H groups in total. The van der Waals surface area contributed by atoms with E-state index >= 15 is 0 Å². The first-order valence-corrected chi connectivity index (χ1v) is 7.89. The van der Waals surface area contributed by atoms with Crippen molar-refractivity contribution in [2.45, 2.75) is 29.6 Å². The van der Waals surface area contributed by atoms with Crippen molar-refractivity contribution in [3.63, 3.8) is 0 Å². The normalized spacial score (nSPS) is 30.3. The minimum atomic E-state index is -1.41. The van der Waals surface area contributed by atoms with Crippen molar-refractivity contribution in [2.75, 3.05) is 13.7 Å². The molecule has 0 bridgehead atoms. The van der Waals surface area contributed by atoms with Crippen LogP contribution in [0.4, 0.5) is 4.39 Å². The van der Waals surface area contributed by atoms with Crippen molar-refractivity contribution in [3.8, 4) is 5.75 Å². The van der Waals surface area contributed by atoms with Crippen LogP contribution in [0.2, 0.25) is 0 Å². The lowest BCUT2D eigenvalue weighted by Crippen LogP contribution is -2.69. The van der Waals surface area contributed by atoms with Gasteiger partial charge in [-0.3, -0.25) is 4.79 Å². The van der Waals surface area contributed by atoms with E-state index in [4.69, 9.17) is 9.47 Å². The molecular formula is C15H16FNO4S. The Morgan fingerprint density at radius 3 is 2.82 bits per heavy atom. The summed E-state index contributed by atoms with van der Waals surface area (Å²) in [6.45, 7) is 1.91. The highest BCUT2D eigenvalue weighted by molar-refractivity contribution is 8.00. The average Bonchev–Trinajstić information content (AvgIpc) is 2.51. The zero-order valence-corrected chi connectivity index (χ0v) is 13.1. The number of hydrogen-bond donors (Lipinski definition) is 0. The van der Waals surface area contributed by atoms with Gasteiger partial charge >= 0.3 is 5.97 Å². The molecule has 3 rings (SSSR count). The average molecular weight is 325 g/mol. The van der Waals surface area contributed by atoms with E-state index in [9.17, 15) is 14.0 Å². The number of methoxy groups -OCH3 is 1. The minimum Gasteiger partial charge on any atom is -0.469 e. The molecule has 1 amide bonds. The Hall–Kier alpha value is -1.76. The van der Waals surface area contributed by atoms with Crippen LogP contribution in [0, 0.1) is 5.82 Å². The van der Waals surface area contributed by atoms with Gasteiger partial charge in [0.1, 0.15) is 0 Å². The highest BCUT2D eigenvalue weighted by Gasteiger charge is 2.58. The molecule has 0 aliphatic carbocycles. The molecule has 5 nitrogen and oxygen atoms in total. The van der Waals surface area contributed by atoms with Crippen molar-refractivity contribution in [1.82, 2.24) is 4.90 Å². The predicted octanol–water partition coefficient (Wildman–Crippen LogP) is 1.81. The SMILES string of the molecule is COC(=O)C1(Oc2ccccc2F)CN2C(=O)C[C@H]2SC1C. The first kappa shape index (κ1) is 15.1. The van der Waals surface area contributed by atoms with Crippen LogP contribution in [0.25, 0.3) is 0 Å². The molecule has 1 aromatic carbocycles. The first-order chi connectivity index (χ1) is 10.5. The summed E-state index contributed by atoms with van der Waals surface area (Å²) in [5, 5.41) is -0.210. The molecule has 2 saturated heterocycles. The van der Waals surface area contributed by atoms with E-state index in [0.717, 1.165) is 0 Å². The van der Waals surface area contributed by atoms with Crippen LogP contribution >= 0.6 is 11.8 Å². The fourth-order valence-electron chi connectivity index (χ4n) is 2.75. The second-order valence-electron chi connectivity index (χ2n) is 5.37. The fraction of sp³-hybridized carbons (Fsp3) is 0.467. The molecule has 0 saturated carbocycles. The van der Waals surface area contributed by atoms with Gasteiger partial charge in [0.2, 0.25) is 11.5 Å². The molecule has 2 aliphatic heterocycles. The molecule has 2 fully saturated rings. The van der Waals surface area contributed by atoms with Gasteiger partial charge in [-0.15, -0.1) is 11.8 Å². The summed E-state index contributed by atoms with van der Waals surface area (Å²) in [6.07, 6.45) is 0.464. The van der Waals surface area contributed by atoms with Crippen molar-refractivity contribution in [2.24, 2.45) is 0 Å². The van der Waals surface area contributed by atoms with Crippen LogP contribution in [-0.4, -0.2) is 46.7 Å². The van der Waals surface area contributed by atoms with E-state index in [1.165, 1.54) is 31.0 Å². The lowest BCUT2D eigenvalue weighted by molar-refractivity contribution is -0.166. The number of para-hydroxylation sites is 1. The largest absolute Gasteiger partial charge is 0.469 e. The number of hydrogen-bond acceptors (Lipinski definition) is 5. The van der Waals surface area contributed by atoms with Crippen LogP contribution in [0.5, 0.6) is 5.75 Å². The summed E-state index contributed by atoms with van der Waals surface area (Å²) in [6, 6.07) is 5.89. The van der Waals surface area contributed by atoms with Gasteiger partial charge < -0.3 is 14.4 Å². The number of halogens is 1. The quantitative estimate of drug-likeness (QED) is 0.627. The van der Waals surface area contributed by atoms with Crippen LogP contribution < -0.4 is 4.74 Å². The second kappa shape index (κ2) is 5.46. The van der Waals surface area contributed by atoms with Crippen LogP contribution in [0.15, 0.2) is 24.3 Å². The van der Waals surface area contributed by atoms with Crippen LogP contribution in [-0.2, 0) is 14.3 Å². The number of carbonyl (C=O) groups excluding carboxylic acids is 2. The smallest absolute Gasteiger partial charge is 0.353 e. The zero-order valence-electron chi connectivity index (χ0n) is 12.2. The molecule has 0 radical (unpaired) electrons. The highest BCUT2D eigenvalue weighted by Crippen LogP contribution is 2.45. The van der Waals surface area contributed by atoms with E-state index < -0.39 is 17.4 Å². The number of β-lactam (4-membered cyclic amide) rings is 1. The fourth-order valence-corrected chi connectivity index (χ4v) is 4.24. The number of fused-ring (bicyclic) bond motifs is 1. The summed E-state index contributed by atoms with van der Waals surface area (Å²) in [4.78, 5) is 25.7. The third-order valence-corrected chi connectivity index (χ3v) is 5.62.